The van der Waals surface area contributed by atoms with E-state index < -0.39 is 23.1 Å². The quantitative estimate of drug-likeness (QED) is 0.834. The molecule has 102 valence electrons. The van der Waals surface area contributed by atoms with Crippen molar-refractivity contribution < 1.29 is 24.5 Å². The molecule has 0 spiro atoms. The molecular formula is C15H12O5. The van der Waals surface area contributed by atoms with Crippen LogP contribution in [0.25, 0.3) is 0 Å². The molecule has 2 rings (SSSR count). The summed E-state index contributed by atoms with van der Waals surface area (Å²) in [6, 6.07) is 11.0. The Morgan fingerprint density at radius 1 is 1.05 bits per heavy atom. The van der Waals surface area contributed by atoms with Crippen molar-refractivity contribution in [1.82, 2.24) is 0 Å². The highest BCUT2D eigenvalue weighted by molar-refractivity contribution is 6.12. The molecule has 2 aromatic carbocycles. The van der Waals surface area contributed by atoms with Gasteiger partial charge < -0.3 is 14.9 Å². The highest BCUT2D eigenvalue weighted by atomic mass is 16.5. The average Bonchev–Trinajstić information content (AvgIpc) is 2.46. The smallest absolute Gasteiger partial charge is 0.343 e. The van der Waals surface area contributed by atoms with Crippen LogP contribution in [0.4, 0.5) is 0 Å². The predicted octanol–water partition coefficient (Wildman–Crippen LogP) is 2.33. The van der Waals surface area contributed by atoms with Gasteiger partial charge in [0.2, 0.25) is 0 Å². The molecule has 0 aliphatic heterocycles. The van der Waals surface area contributed by atoms with Gasteiger partial charge in [-0.2, -0.15) is 0 Å². The summed E-state index contributed by atoms with van der Waals surface area (Å²) < 4.78 is 4.88. The fraction of sp³-hybridized carbons (Fsp3) is 0.0667. The summed E-state index contributed by atoms with van der Waals surface area (Å²) in [5.74, 6) is -2.40. The monoisotopic (exact) mass is 272 g/mol. The van der Waals surface area contributed by atoms with Crippen LogP contribution in [-0.2, 0) is 0 Å². The number of ether oxygens (including phenoxy) is 1. The van der Waals surface area contributed by atoms with E-state index in [0.29, 0.717) is 5.56 Å². The molecule has 0 saturated carbocycles. The second kappa shape index (κ2) is 5.44. The first kappa shape index (κ1) is 13.6. The van der Waals surface area contributed by atoms with Crippen molar-refractivity contribution in [3.8, 4) is 11.5 Å². The van der Waals surface area contributed by atoms with E-state index >= 15 is 0 Å². The van der Waals surface area contributed by atoms with E-state index in [4.69, 9.17) is 9.84 Å². The van der Waals surface area contributed by atoms with Crippen molar-refractivity contribution in [1.29, 1.82) is 0 Å². The Hall–Kier alpha value is -2.82. The van der Waals surface area contributed by atoms with Gasteiger partial charge in [0.1, 0.15) is 17.1 Å². The maximum Gasteiger partial charge on any atom is 0.343 e. The van der Waals surface area contributed by atoms with Crippen LogP contribution < -0.4 is 4.74 Å². The van der Waals surface area contributed by atoms with Gasteiger partial charge in [-0.1, -0.05) is 30.3 Å². The molecule has 0 amide bonds. The van der Waals surface area contributed by atoms with E-state index in [1.54, 1.807) is 30.3 Å². The molecule has 20 heavy (non-hydrogen) atoms. The molecule has 0 bridgehead atoms. The number of carboxylic acids is 1. The third-order valence-electron chi connectivity index (χ3n) is 2.85. The van der Waals surface area contributed by atoms with Crippen LogP contribution in [0.2, 0.25) is 0 Å². The summed E-state index contributed by atoms with van der Waals surface area (Å²) in [5, 5.41) is 19.1. The van der Waals surface area contributed by atoms with Gasteiger partial charge in [-0.15, -0.1) is 0 Å². The molecule has 0 aromatic heterocycles. The van der Waals surface area contributed by atoms with Crippen LogP contribution in [0.3, 0.4) is 0 Å². The van der Waals surface area contributed by atoms with Gasteiger partial charge >= 0.3 is 5.97 Å². The van der Waals surface area contributed by atoms with E-state index in [1.165, 1.54) is 19.2 Å². The number of carboxylic acid groups (broad SMARTS) is 1. The fourth-order valence-corrected chi connectivity index (χ4v) is 1.88. The molecular weight excluding hydrogens is 260 g/mol. The van der Waals surface area contributed by atoms with Crippen LogP contribution in [0, 0.1) is 0 Å². The van der Waals surface area contributed by atoms with Gasteiger partial charge in [0.15, 0.2) is 5.78 Å². The SMILES string of the molecule is COc1ccc(C(=O)c2ccccc2)c(O)c1C(=O)O. The molecule has 5 nitrogen and oxygen atoms in total. The van der Waals surface area contributed by atoms with E-state index in [9.17, 15) is 14.7 Å². The molecule has 2 N–H and O–H groups in total. The molecule has 0 saturated heterocycles. The van der Waals surface area contributed by atoms with Gasteiger partial charge in [0, 0.05) is 5.56 Å². The topological polar surface area (TPSA) is 83.8 Å². The molecule has 0 unspecified atom stereocenters. The zero-order valence-corrected chi connectivity index (χ0v) is 10.7. The standard InChI is InChI=1S/C15H12O5/c1-20-11-8-7-10(14(17)12(11)15(18)19)13(16)9-5-3-2-4-6-9/h2-8,17H,1H3,(H,18,19). The van der Waals surface area contributed by atoms with Crippen molar-refractivity contribution in [3.05, 3.63) is 59.2 Å². The number of phenols is 1. The van der Waals surface area contributed by atoms with Crippen molar-refractivity contribution in [2.24, 2.45) is 0 Å². The predicted molar refractivity (Wildman–Crippen MR) is 71.5 cm³/mol. The molecule has 0 heterocycles. The fourth-order valence-electron chi connectivity index (χ4n) is 1.88. The molecule has 0 atom stereocenters. The number of methoxy groups -OCH3 is 1. The largest absolute Gasteiger partial charge is 0.506 e. The Labute approximate surface area is 115 Å². The summed E-state index contributed by atoms with van der Waals surface area (Å²) in [7, 11) is 1.29. The van der Waals surface area contributed by atoms with Crippen molar-refractivity contribution in [2.75, 3.05) is 7.11 Å². The molecule has 0 aliphatic rings. The summed E-state index contributed by atoms with van der Waals surface area (Å²) in [5.41, 5.74) is -0.131. The summed E-state index contributed by atoms with van der Waals surface area (Å²) >= 11 is 0. The minimum Gasteiger partial charge on any atom is -0.506 e. The number of carbonyl (C=O) groups excluding carboxylic acids is 1. The molecule has 2 aromatic rings. The van der Waals surface area contributed by atoms with Gasteiger partial charge in [-0.25, -0.2) is 4.79 Å². The number of hydrogen-bond acceptors (Lipinski definition) is 4. The first-order valence-electron chi connectivity index (χ1n) is 5.79. The number of ketones is 1. The first-order chi connectivity index (χ1) is 9.56. The lowest BCUT2D eigenvalue weighted by Crippen LogP contribution is -2.07. The Morgan fingerprint density at radius 2 is 1.70 bits per heavy atom. The zero-order chi connectivity index (χ0) is 14.7. The van der Waals surface area contributed by atoms with Gasteiger partial charge in [-0.3, -0.25) is 4.79 Å². The maximum absolute atomic E-state index is 12.2. The van der Waals surface area contributed by atoms with E-state index in [0.717, 1.165) is 0 Å². The lowest BCUT2D eigenvalue weighted by atomic mass is 9.99. The number of aromatic carboxylic acids is 1. The van der Waals surface area contributed by atoms with Crippen LogP contribution in [-0.4, -0.2) is 29.1 Å². The lowest BCUT2D eigenvalue weighted by molar-refractivity contribution is 0.0690. The second-order valence-corrected chi connectivity index (χ2v) is 4.04. The minimum atomic E-state index is -1.36. The van der Waals surface area contributed by atoms with Crippen molar-refractivity contribution in [2.45, 2.75) is 0 Å². The van der Waals surface area contributed by atoms with Gasteiger partial charge in [-0.05, 0) is 12.1 Å². The lowest BCUT2D eigenvalue weighted by Gasteiger charge is -2.10. The molecule has 0 aliphatic carbocycles. The Bertz CT molecular complexity index is 661. The highest BCUT2D eigenvalue weighted by Gasteiger charge is 2.23. The molecule has 0 fully saturated rings. The van der Waals surface area contributed by atoms with E-state index in [1.807, 2.05) is 0 Å². The van der Waals surface area contributed by atoms with Crippen LogP contribution in [0.15, 0.2) is 42.5 Å². The summed E-state index contributed by atoms with van der Waals surface area (Å²) in [4.78, 5) is 23.4. The normalized spacial score (nSPS) is 10.1. The molecule has 0 radical (unpaired) electrons. The summed E-state index contributed by atoms with van der Waals surface area (Å²) in [6.45, 7) is 0. The number of carbonyl (C=O) groups is 2. The molecule has 5 heteroatoms. The second-order valence-electron chi connectivity index (χ2n) is 4.04. The number of benzene rings is 2. The Morgan fingerprint density at radius 3 is 2.25 bits per heavy atom. The summed E-state index contributed by atoms with van der Waals surface area (Å²) in [6.07, 6.45) is 0. The number of rotatable bonds is 4. The average molecular weight is 272 g/mol. The zero-order valence-electron chi connectivity index (χ0n) is 10.7. The minimum absolute atomic E-state index is 0.000360. The van der Waals surface area contributed by atoms with Gasteiger partial charge in [0.25, 0.3) is 0 Å². The third kappa shape index (κ3) is 2.33. The Kier molecular flexibility index (Phi) is 3.70. The van der Waals surface area contributed by atoms with E-state index in [-0.39, 0.29) is 11.3 Å². The first-order valence-corrected chi connectivity index (χ1v) is 5.79. The highest BCUT2D eigenvalue weighted by Crippen LogP contribution is 2.32. The van der Waals surface area contributed by atoms with Crippen LogP contribution in [0.1, 0.15) is 26.3 Å². The van der Waals surface area contributed by atoms with Crippen molar-refractivity contribution in [3.63, 3.8) is 0 Å². The van der Waals surface area contributed by atoms with Crippen LogP contribution in [0.5, 0.6) is 11.5 Å². The maximum atomic E-state index is 12.2. The number of aromatic hydroxyl groups is 1. The van der Waals surface area contributed by atoms with Crippen LogP contribution >= 0.6 is 0 Å². The number of hydrogen-bond donors (Lipinski definition) is 2. The van der Waals surface area contributed by atoms with Gasteiger partial charge in [0.05, 0.1) is 12.7 Å². The van der Waals surface area contributed by atoms with Crippen molar-refractivity contribution >= 4 is 11.8 Å². The Balaban J connectivity index is 2.57. The van der Waals surface area contributed by atoms with E-state index in [2.05, 4.69) is 0 Å². The third-order valence-corrected chi connectivity index (χ3v) is 2.85.